The zero-order chi connectivity index (χ0) is 13.1. The average molecular weight is 269 g/mol. The minimum atomic E-state index is -0.528. The van der Waals surface area contributed by atoms with Crippen LogP contribution in [-0.2, 0) is 0 Å². The number of aromatic nitrogens is 1. The zero-order valence-corrected chi connectivity index (χ0v) is 10.8. The maximum absolute atomic E-state index is 11.0. The van der Waals surface area contributed by atoms with Crippen LogP contribution in [0.3, 0.4) is 0 Å². The van der Waals surface area contributed by atoms with E-state index in [0.29, 0.717) is 28.5 Å². The fraction of sp³-hybridized carbons (Fsp3) is 0.500. The molecule has 0 radical (unpaired) electrons. The Morgan fingerprint density at radius 2 is 2.06 bits per heavy atom. The summed E-state index contributed by atoms with van der Waals surface area (Å²) in [5, 5.41) is 3.70. The molecule has 0 saturated heterocycles. The lowest BCUT2D eigenvalue weighted by Gasteiger charge is -2.27. The summed E-state index contributed by atoms with van der Waals surface area (Å²) in [6.07, 6.45) is 5.47. The number of nitrogens with zero attached hydrogens (tertiary/aromatic N) is 1. The number of carbonyl (C=O) groups excluding carboxylic acids is 1. The van der Waals surface area contributed by atoms with E-state index in [1.54, 1.807) is 0 Å². The molecule has 2 rings (SSSR count). The normalized spacial score (nSPS) is 23.7. The van der Waals surface area contributed by atoms with Crippen LogP contribution >= 0.6 is 11.6 Å². The van der Waals surface area contributed by atoms with Gasteiger partial charge < -0.3 is 16.8 Å². The second kappa shape index (κ2) is 5.54. The van der Waals surface area contributed by atoms with Crippen molar-refractivity contribution in [3.05, 3.63) is 22.8 Å². The van der Waals surface area contributed by atoms with Crippen molar-refractivity contribution < 1.29 is 4.79 Å². The summed E-state index contributed by atoms with van der Waals surface area (Å²) in [6.45, 7) is 0. The molecule has 18 heavy (non-hydrogen) atoms. The van der Waals surface area contributed by atoms with Crippen LogP contribution in [0.1, 0.15) is 36.0 Å². The monoisotopic (exact) mass is 268 g/mol. The Bertz CT molecular complexity index is 444. The SMILES string of the molecule is NC(=O)c1cnc(N[C@H]2CC[C@H](N)CC2)c(Cl)c1. The smallest absolute Gasteiger partial charge is 0.250 e. The van der Waals surface area contributed by atoms with Crippen molar-refractivity contribution >= 4 is 23.3 Å². The molecule has 0 atom stereocenters. The van der Waals surface area contributed by atoms with Crippen molar-refractivity contribution in [2.45, 2.75) is 37.8 Å². The molecule has 1 amide bonds. The number of nitrogens with one attached hydrogen (secondary N) is 1. The van der Waals surface area contributed by atoms with Crippen molar-refractivity contribution in [2.24, 2.45) is 11.5 Å². The van der Waals surface area contributed by atoms with Gasteiger partial charge in [-0.2, -0.15) is 0 Å². The standard InChI is InChI=1S/C12H17ClN4O/c13-10-5-7(11(15)18)6-16-12(10)17-9-3-1-8(14)2-4-9/h5-6,8-9H,1-4,14H2,(H2,15,18)(H,16,17)/t8-,9-. The summed E-state index contributed by atoms with van der Waals surface area (Å²) in [7, 11) is 0. The third kappa shape index (κ3) is 3.11. The molecular formula is C12H17ClN4O. The van der Waals surface area contributed by atoms with Gasteiger partial charge in [0, 0.05) is 18.3 Å². The molecule has 0 unspecified atom stereocenters. The van der Waals surface area contributed by atoms with Crippen molar-refractivity contribution in [1.82, 2.24) is 4.98 Å². The van der Waals surface area contributed by atoms with Gasteiger partial charge in [0.15, 0.2) is 0 Å². The third-order valence-electron chi connectivity index (χ3n) is 3.24. The van der Waals surface area contributed by atoms with Crippen LogP contribution in [0.15, 0.2) is 12.3 Å². The summed E-state index contributed by atoms with van der Waals surface area (Å²) >= 11 is 6.06. The van der Waals surface area contributed by atoms with Gasteiger partial charge in [-0.15, -0.1) is 0 Å². The maximum Gasteiger partial charge on any atom is 0.250 e. The molecule has 5 N–H and O–H groups in total. The molecule has 0 aliphatic heterocycles. The van der Waals surface area contributed by atoms with E-state index in [1.165, 1.54) is 12.3 Å². The van der Waals surface area contributed by atoms with E-state index in [4.69, 9.17) is 23.1 Å². The lowest BCUT2D eigenvalue weighted by Crippen LogP contribution is -2.33. The van der Waals surface area contributed by atoms with Crippen molar-refractivity contribution in [3.63, 3.8) is 0 Å². The summed E-state index contributed by atoms with van der Waals surface area (Å²) in [6, 6.07) is 2.19. The molecule has 0 spiro atoms. The lowest BCUT2D eigenvalue weighted by molar-refractivity contribution is 0.1000. The Balaban J connectivity index is 2.03. The Labute approximate surface area is 111 Å². The highest BCUT2D eigenvalue weighted by Gasteiger charge is 2.19. The Morgan fingerprint density at radius 3 is 2.61 bits per heavy atom. The number of pyridine rings is 1. The van der Waals surface area contributed by atoms with Crippen molar-refractivity contribution in [1.29, 1.82) is 0 Å². The number of hydrogen-bond donors (Lipinski definition) is 3. The molecule has 1 fully saturated rings. The van der Waals surface area contributed by atoms with Gasteiger partial charge in [0.2, 0.25) is 5.91 Å². The molecule has 0 bridgehead atoms. The number of anilines is 1. The highest BCUT2D eigenvalue weighted by molar-refractivity contribution is 6.33. The predicted molar refractivity (Wildman–Crippen MR) is 71.6 cm³/mol. The first-order chi connectivity index (χ1) is 8.56. The predicted octanol–water partition coefficient (Wildman–Crippen LogP) is 1.52. The van der Waals surface area contributed by atoms with Gasteiger partial charge in [0.25, 0.3) is 0 Å². The first-order valence-corrected chi connectivity index (χ1v) is 6.41. The van der Waals surface area contributed by atoms with Gasteiger partial charge in [-0.25, -0.2) is 4.98 Å². The molecule has 1 aliphatic rings. The Kier molecular flexibility index (Phi) is 4.04. The van der Waals surface area contributed by atoms with Crippen LogP contribution < -0.4 is 16.8 Å². The number of primary amides is 1. The van der Waals surface area contributed by atoms with Gasteiger partial charge in [-0.05, 0) is 31.7 Å². The fourth-order valence-electron chi connectivity index (χ4n) is 2.14. The van der Waals surface area contributed by atoms with Crippen LogP contribution in [0, 0.1) is 0 Å². The van der Waals surface area contributed by atoms with E-state index in [9.17, 15) is 4.79 Å². The molecule has 1 aliphatic carbocycles. The highest BCUT2D eigenvalue weighted by Crippen LogP contribution is 2.25. The molecule has 1 aromatic heterocycles. The van der Waals surface area contributed by atoms with E-state index in [0.717, 1.165) is 25.7 Å². The first-order valence-electron chi connectivity index (χ1n) is 6.03. The second-order valence-electron chi connectivity index (χ2n) is 4.67. The minimum Gasteiger partial charge on any atom is -0.366 e. The number of nitrogens with two attached hydrogens (primary N) is 2. The summed E-state index contributed by atoms with van der Waals surface area (Å²) in [5.74, 6) is 0.0710. The van der Waals surface area contributed by atoms with Gasteiger partial charge in [0.05, 0.1) is 10.6 Å². The second-order valence-corrected chi connectivity index (χ2v) is 5.08. The zero-order valence-electron chi connectivity index (χ0n) is 10.0. The molecule has 5 nitrogen and oxygen atoms in total. The topological polar surface area (TPSA) is 94.0 Å². The summed E-state index contributed by atoms with van der Waals surface area (Å²) in [5.41, 5.74) is 11.3. The van der Waals surface area contributed by atoms with E-state index in [2.05, 4.69) is 10.3 Å². The largest absolute Gasteiger partial charge is 0.366 e. The molecule has 98 valence electrons. The highest BCUT2D eigenvalue weighted by atomic mass is 35.5. The van der Waals surface area contributed by atoms with Crippen LogP contribution in [0.25, 0.3) is 0 Å². The maximum atomic E-state index is 11.0. The third-order valence-corrected chi connectivity index (χ3v) is 3.53. The number of amides is 1. The van der Waals surface area contributed by atoms with Gasteiger partial charge in [-0.1, -0.05) is 11.6 Å². The molecule has 0 aromatic carbocycles. The molecule has 6 heteroatoms. The average Bonchev–Trinajstić information content (AvgIpc) is 2.34. The molecular weight excluding hydrogens is 252 g/mol. The summed E-state index contributed by atoms with van der Waals surface area (Å²) < 4.78 is 0. The number of rotatable bonds is 3. The number of carbonyl (C=O) groups is 1. The molecule has 1 heterocycles. The van der Waals surface area contributed by atoms with E-state index < -0.39 is 5.91 Å². The van der Waals surface area contributed by atoms with Gasteiger partial charge in [-0.3, -0.25) is 4.79 Å². The number of halogens is 1. The lowest BCUT2D eigenvalue weighted by atomic mass is 9.92. The Hall–Kier alpha value is -1.33. The van der Waals surface area contributed by atoms with E-state index in [1.807, 2.05) is 0 Å². The number of hydrogen-bond acceptors (Lipinski definition) is 4. The van der Waals surface area contributed by atoms with E-state index in [-0.39, 0.29) is 0 Å². The van der Waals surface area contributed by atoms with Gasteiger partial charge in [0.1, 0.15) is 5.82 Å². The quantitative estimate of drug-likeness (QED) is 0.775. The summed E-state index contributed by atoms with van der Waals surface area (Å²) in [4.78, 5) is 15.1. The minimum absolute atomic E-state index is 0.309. The van der Waals surface area contributed by atoms with E-state index >= 15 is 0 Å². The van der Waals surface area contributed by atoms with Crippen LogP contribution in [0.5, 0.6) is 0 Å². The molecule has 1 saturated carbocycles. The van der Waals surface area contributed by atoms with Crippen LogP contribution in [0.4, 0.5) is 5.82 Å². The first kappa shape index (κ1) is 13.1. The van der Waals surface area contributed by atoms with Crippen LogP contribution in [-0.4, -0.2) is 23.0 Å². The van der Waals surface area contributed by atoms with Crippen LogP contribution in [0.2, 0.25) is 5.02 Å². The fourth-order valence-corrected chi connectivity index (χ4v) is 2.36. The van der Waals surface area contributed by atoms with Crippen molar-refractivity contribution in [2.75, 3.05) is 5.32 Å². The van der Waals surface area contributed by atoms with Gasteiger partial charge >= 0.3 is 0 Å². The molecule has 1 aromatic rings. The Morgan fingerprint density at radius 1 is 1.39 bits per heavy atom. The van der Waals surface area contributed by atoms with Crippen molar-refractivity contribution in [3.8, 4) is 0 Å².